The van der Waals surface area contributed by atoms with Crippen LogP contribution < -0.4 is 9.47 Å². The number of benzene rings is 3. The van der Waals surface area contributed by atoms with Crippen molar-refractivity contribution in [2.75, 3.05) is 13.7 Å². The van der Waals surface area contributed by atoms with Crippen LogP contribution in [-0.2, 0) is 6.54 Å². The van der Waals surface area contributed by atoms with Crippen molar-refractivity contribution in [3.63, 3.8) is 0 Å². The number of para-hydroxylation sites is 2. The van der Waals surface area contributed by atoms with Crippen molar-refractivity contribution in [1.82, 2.24) is 9.55 Å². The van der Waals surface area contributed by atoms with E-state index in [0.717, 1.165) is 22.3 Å². The summed E-state index contributed by atoms with van der Waals surface area (Å²) in [5, 5.41) is 21.6. The third kappa shape index (κ3) is 4.30. The van der Waals surface area contributed by atoms with Crippen molar-refractivity contribution < 1.29 is 19.7 Å². The lowest BCUT2D eigenvalue weighted by molar-refractivity contribution is 0.0902. The van der Waals surface area contributed by atoms with Crippen molar-refractivity contribution in [2.24, 2.45) is 0 Å². The minimum absolute atomic E-state index is 0.111. The van der Waals surface area contributed by atoms with Crippen molar-refractivity contribution in [3.8, 4) is 11.5 Å². The van der Waals surface area contributed by atoms with Crippen LogP contribution in [0.1, 0.15) is 17.5 Å². The molecular weight excluding hydrogens is 380 g/mol. The highest BCUT2D eigenvalue weighted by Gasteiger charge is 2.21. The summed E-state index contributed by atoms with van der Waals surface area (Å²) in [6, 6.07) is 24.2. The molecule has 154 valence electrons. The monoisotopic (exact) mass is 404 g/mol. The number of imidazole rings is 1. The molecule has 6 heteroatoms. The molecule has 0 radical (unpaired) electrons. The van der Waals surface area contributed by atoms with Gasteiger partial charge in [-0.1, -0.05) is 42.5 Å². The van der Waals surface area contributed by atoms with Crippen LogP contribution in [0.5, 0.6) is 11.5 Å². The summed E-state index contributed by atoms with van der Waals surface area (Å²) >= 11 is 0. The first-order valence-corrected chi connectivity index (χ1v) is 9.79. The topological polar surface area (TPSA) is 76.7 Å². The Kier molecular flexibility index (Phi) is 5.97. The van der Waals surface area contributed by atoms with Crippen LogP contribution in [0.15, 0.2) is 78.9 Å². The van der Waals surface area contributed by atoms with Gasteiger partial charge in [0.05, 0.1) is 24.7 Å². The first-order chi connectivity index (χ1) is 14.7. The number of hydrogen-bond acceptors (Lipinski definition) is 5. The fourth-order valence-electron chi connectivity index (χ4n) is 3.41. The van der Waals surface area contributed by atoms with Gasteiger partial charge in [0.2, 0.25) is 0 Å². The highest BCUT2D eigenvalue weighted by atomic mass is 16.5. The molecule has 0 fully saturated rings. The summed E-state index contributed by atoms with van der Waals surface area (Å²) in [7, 11) is 1.61. The normalized spacial score (nSPS) is 13.2. The van der Waals surface area contributed by atoms with Crippen LogP contribution in [0, 0.1) is 0 Å². The molecule has 0 saturated carbocycles. The van der Waals surface area contributed by atoms with Crippen LogP contribution in [0.25, 0.3) is 11.0 Å². The average Bonchev–Trinajstić information content (AvgIpc) is 3.16. The largest absolute Gasteiger partial charge is 0.497 e. The number of nitrogens with zero attached hydrogens (tertiary/aromatic N) is 2. The number of hydrogen-bond donors (Lipinski definition) is 2. The Labute approximate surface area is 175 Å². The van der Waals surface area contributed by atoms with Gasteiger partial charge in [0, 0.05) is 0 Å². The maximum atomic E-state index is 10.9. The third-order valence-electron chi connectivity index (χ3n) is 4.94. The third-order valence-corrected chi connectivity index (χ3v) is 4.94. The lowest BCUT2D eigenvalue weighted by Crippen LogP contribution is -2.25. The van der Waals surface area contributed by atoms with Gasteiger partial charge in [-0.05, 0) is 42.0 Å². The van der Waals surface area contributed by atoms with E-state index in [2.05, 4.69) is 4.98 Å². The van der Waals surface area contributed by atoms with Gasteiger partial charge in [-0.15, -0.1) is 0 Å². The summed E-state index contributed by atoms with van der Waals surface area (Å²) in [4.78, 5) is 4.63. The molecule has 2 atom stereocenters. The average molecular weight is 404 g/mol. The van der Waals surface area contributed by atoms with Crippen molar-refractivity contribution in [3.05, 3.63) is 90.3 Å². The summed E-state index contributed by atoms with van der Waals surface area (Å²) in [6.07, 6.45) is -1.68. The van der Waals surface area contributed by atoms with E-state index in [4.69, 9.17) is 9.47 Å². The first-order valence-electron chi connectivity index (χ1n) is 9.79. The lowest BCUT2D eigenvalue weighted by Gasteiger charge is -2.18. The van der Waals surface area contributed by atoms with E-state index >= 15 is 0 Å². The van der Waals surface area contributed by atoms with Crippen LogP contribution in [0.3, 0.4) is 0 Å². The number of ether oxygens (including phenoxy) is 2. The highest BCUT2D eigenvalue weighted by Crippen LogP contribution is 2.26. The molecule has 0 unspecified atom stereocenters. The molecular formula is C24H24N2O4. The number of fused-ring (bicyclic) bond motifs is 1. The number of rotatable bonds is 8. The summed E-state index contributed by atoms with van der Waals surface area (Å²) in [5.41, 5.74) is 2.37. The zero-order valence-electron chi connectivity index (χ0n) is 16.7. The van der Waals surface area contributed by atoms with E-state index < -0.39 is 12.2 Å². The highest BCUT2D eigenvalue weighted by molar-refractivity contribution is 5.76. The van der Waals surface area contributed by atoms with Crippen molar-refractivity contribution in [2.45, 2.75) is 18.8 Å². The number of aliphatic hydroxyl groups is 2. The van der Waals surface area contributed by atoms with Crippen LogP contribution >= 0.6 is 0 Å². The molecule has 0 amide bonds. The van der Waals surface area contributed by atoms with E-state index in [-0.39, 0.29) is 13.2 Å². The molecule has 4 rings (SSSR count). The Balaban J connectivity index is 1.54. The molecule has 2 N–H and O–H groups in total. The summed E-state index contributed by atoms with van der Waals surface area (Å²) in [5.74, 6) is 1.88. The second-order valence-corrected chi connectivity index (χ2v) is 7.02. The van der Waals surface area contributed by atoms with Gasteiger partial charge in [-0.2, -0.15) is 0 Å². The first kappa shape index (κ1) is 19.9. The zero-order chi connectivity index (χ0) is 20.9. The smallest absolute Gasteiger partial charge is 0.143 e. The molecule has 0 spiro atoms. The Morgan fingerprint density at radius 2 is 1.53 bits per heavy atom. The molecule has 6 nitrogen and oxygen atoms in total. The van der Waals surface area contributed by atoms with Gasteiger partial charge in [0.15, 0.2) is 0 Å². The molecule has 0 aliphatic heterocycles. The molecule has 0 saturated heterocycles. The van der Waals surface area contributed by atoms with Gasteiger partial charge in [-0.3, -0.25) is 0 Å². The van der Waals surface area contributed by atoms with Crippen molar-refractivity contribution in [1.29, 1.82) is 0 Å². The quantitative estimate of drug-likeness (QED) is 0.470. The van der Waals surface area contributed by atoms with E-state index in [1.807, 2.05) is 59.2 Å². The van der Waals surface area contributed by atoms with Crippen molar-refractivity contribution >= 4 is 11.0 Å². The molecule has 1 aromatic heterocycles. The predicted molar refractivity (Wildman–Crippen MR) is 115 cm³/mol. The van der Waals surface area contributed by atoms with E-state index in [1.165, 1.54) is 0 Å². The van der Waals surface area contributed by atoms with Gasteiger partial charge in [-0.25, -0.2) is 4.98 Å². The van der Waals surface area contributed by atoms with Gasteiger partial charge < -0.3 is 24.3 Å². The van der Waals surface area contributed by atoms with E-state index in [0.29, 0.717) is 11.6 Å². The van der Waals surface area contributed by atoms with Gasteiger partial charge >= 0.3 is 0 Å². The summed E-state index contributed by atoms with van der Waals surface area (Å²) in [6.45, 7) is 0.357. The van der Waals surface area contributed by atoms with Crippen LogP contribution in [0.4, 0.5) is 0 Å². The zero-order valence-corrected chi connectivity index (χ0v) is 16.7. The Hall–Kier alpha value is -3.35. The Morgan fingerprint density at radius 3 is 2.27 bits per heavy atom. The maximum absolute atomic E-state index is 10.9. The van der Waals surface area contributed by atoms with Crippen LogP contribution in [0.2, 0.25) is 0 Å². The second-order valence-electron chi connectivity index (χ2n) is 7.02. The minimum Gasteiger partial charge on any atom is -0.497 e. The fraction of sp³-hybridized carbons (Fsp3) is 0.208. The summed E-state index contributed by atoms with van der Waals surface area (Å²) < 4.78 is 12.7. The maximum Gasteiger partial charge on any atom is 0.143 e. The minimum atomic E-state index is -0.895. The number of methoxy groups -OCH3 is 1. The van der Waals surface area contributed by atoms with E-state index in [1.54, 1.807) is 31.4 Å². The predicted octanol–water partition coefficient (Wildman–Crippen LogP) is 3.57. The molecule has 0 bridgehead atoms. The van der Waals surface area contributed by atoms with Crippen LogP contribution in [-0.4, -0.2) is 39.6 Å². The van der Waals surface area contributed by atoms with Gasteiger partial charge in [0.1, 0.15) is 36.1 Å². The Bertz CT molecular complexity index is 1090. The number of aromatic nitrogens is 2. The standard InChI is InChI=1S/C24H24N2O4/c1-29-19-11-13-20(14-12-19)30-16-18(27)15-26-22-10-6-5-9-21(22)25-24(26)23(28)17-7-3-2-4-8-17/h2-14,18,23,27-28H,15-16H2,1H3/t18-,23+/m0/s1. The molecule has 3 aromatic carbocycles. The molecule has 0 aliphatic carbocycles. The van der Waals surface area contributed by atoms with Gasteiger partial charge in [0.25, 0.3) is 0 Å². The lowest BCUT2D eigenvalue weighted by atomic mass is 10.1. The Morgan fingerprint density at radius 1 is 0.867 bits per heavy atom. The fourth-order valence-corrected chi connectivity index (χ4v) is 3.41. The number of aliphatic hydroxyl groups excluding tert-OH is 2. The van der Waals surface area contributed by atoms with E-state index in [9.17, 15) is 10.2 Å². The molecule has 0 aliphatic rings. The molecule has 4 aromatic rings. The SMILES string of the molecule is COc1ccc(OC[C@@H](O)Cn2c([C@H](O)c3ccccc3)nc3ccccc32)cc1. The molecule has 30 heavy (non-hydrogen) atoms. The second kappa shape index (κ2) is 8.98. The molecule has 1 heterocycles.